The van der Waals surface area contributed by atoms with E-state index in [0.29, 0.717) is 43.6 Å². The molecule has 0 saturated carbocycles. The Morgan fingerprint density at radius 3 is 1.96 bits per heavy atom. The van der Waals surface area contributed by atoms with Crippen molar-refractivity contribution in [3.63, 3.8) is 0 Å². The Morgan fingerprint density at radius 2 is 1.43 bits per heavy atom. The average molecular weight is 740 g/mol. The van der Waals surface area contributed by atoms with Crippen LogP contribution in [0.3, 0.4) is 0 Å². The van der Waals surface area contributed by atoms with Crippen molar-refractivity contribution in [2.24, 2.45) is 0 Å². The van der Waals surface area contributed by atoms with E-state index >= 15 is 0 Å². The number of hydrogen-bond donors (Lipinski definition) is 1. The lowest BCUT2D eigenvalue weighted by molar-refractivity contribution is -0.143. The molecule has 0 spiro atoms. The van der Waals surface area contributed by atoms with Crippen LogP contribution >= 0.6 is 23.2 Å². The quantitative estimate of drug-likeness (QED) is 0.311. The maximum absolute atomic E-state index is 13.5. The van der Waals surface area contributed by atoms with Crippen LogP contribution in [0.2, 0.25) is 10.0 Å². The maximum atomic E-state index is 13.5. The zero-order valence-corrected chi connectivity index (χ0v) is 28.9. The molecular weight excluding hydrogens is 701 g/mol. The highest BCUT2D eigenvalue weighted by molar-refractivity contribution is 6.42. The van der Waals surface area contributed by atoms with E-state index in [0.717, 1.165) is 4.90 Å². The highest BCUT2D eigenvalue weighted by Crippen LogP contribution is 2.38. The Labute approximate surface area is 290 Å². The molecule has 2 saturated heterocycles. The van der Waals surface area contributed by atoms with E-state index in [4.69, 9.17) is 27.9 Å². The summed E-state index contributed by atoms with van der Waals surface area (Å²) in [5.74, 6) is -1.88. The van der Waals surface area contributed by atoms with Gasteiger partial charge in [-0.25, -0.2) is 4.79 Å². The predicted octanol–water partition coefficient (Wildman–Crippen LogP) is 7.48. The van der Waals surface area contributed by atoms with Gasteiger partial charge in [-0.2, -0.15) is 26.3 Å². The molecule has 0 bridgehead atoms. The van der Waals surface area contributed by atoms with Crippen molar-refractivity contribution in [2.45, 2.75) is 76.0 Å². The minimum Gasteiger partial charge on any atom is -0.444 e. The SMILES string of the molecule is CN(C(=O)c1cc(C(F)(F)F)cc(C(F)(F)F)c1)C1CCN(C(=O)CNC2CCN(C(=O)OC(C)(C)C)CC2)CC1c1ccc(Cl)c(Cl)c1. The Balaban J connectivity index is 1.49. The fraction of sp³-hybridized carbons (Fsp3) is 0.545. The topological polar surface area (TPSA) is 82.2 Å². The molecule has 2 fully saturated rings. The number of alkyl halides is 6. The van der Waals surface area contributed by atoms with Crippen LogP contribution in [0.1, 0.15) is 73.0 Å². The molecule has 4 rings (SSSR count). The van der Waals surface area contributed by atoms with Gasteiger partial charge in [0.05, 0.1) is 27.7 Å². The van der Waals surface area contributed by atoms with Gasteiger partial charge in [0.15, 0.2) is 0 Å². The van der Waals surface area contributed by atoms with Crippen LogP contribution in [-0.4, -0.2) is 90.1 Å². The standard InChI is InChI=1S/C33H38Cl2F6N4O4/c1-31(2,3)49-30(48)44-10-7-23(8-11-44)42-17-28(46)45-12-9-27(24(18-45)19-5-6-25(34)26(35)15-19)43(4)29(47)20-13-21(32(36,37)38)16-22(14-20)33(39,40)41/h5-6,13-16,23-24,27,42H,7-12,17-18H2,1-4H3. The number of benzene rings is 2. The Kier molecular flexibility index (Phi) is 11.8. The molecule has 16 heteroatoms. The molecule has 3 amide bonds. The molecule has 0 radical (unpaired) electrons. The second-order valence-electron chi connectivity index (χ2n) is 13.3. The first kappa shape index (κ1) is 38.6. The van der Waals surface area contributed by atoms with E-state index in [-0.39, 0.29) is 54.1 Å². The summed E-state index contributed by atoms with van der Waals surface area (Å²) in [7, 11) is 1.31. The van der Waals surface area contributed by atoms with Crippen molar-refractivity contribution >= 4 is 41.1 Å². The molecule has 0 aromatic heterocycles. The highest BCUT2D eigenvalue weighted by atomic mass is 35.5. The largest absolute Gasteiger partial charge is 0.444 e. The number of amides is 3. The first-order valence-electron chi connectivity index (χ1n) is 15.6. The van der Waals surface area contributed by atoms with Crippen LogP contribution in [0.5, 0.6) is 0 Å². The maximum Gasteiger partial charge on any atom is 0.416 e. The molecule has 2 aromatic rings. The average Bonchev–Trinajstić information content (AvgIpc) is 3.02. The molecule has 2 atom stereocenters. The second-order valence-corrected chi connectivity index (χ2v) is 14.1. The normalized spacial score (nSPS) is 19.5. The second kappa shape index (κ2) is 14.9. The van der Waals surface area contributed by atoms with Crippen molar-refractivity contribution in [1.29, 1.82) is 0 Å². The van der Waals surface area contributed by atoms with Gasteiger partial charge in [-0.3, -0.25) is 9.59 Å². The number of piperidine rings is 2. The van der Waals surface area contributed by atoms with Crippen molar-refractivity contribution < 1.29 is 45.5 Å². The molecule has 2 unspecified atom stereocenters. The summed E-state index contributed by atoms with van der Waals surface area (Å²) in [6.45, 7) is 6.55. The van der Waals surface area contributed by atoms with E-state index in [1.165, 1.54) is 13.1 Å². The summed E-state index contributed by atoms with van der Waals surface area (Å²) in [4.78, 5) is 43.7. The van der Waals surface area contributed by atoms with E-state index in [1.54, 1.807) is 42.7 Å². The van der Waals surface area contributed by atoms with Crippen molar-refractivity contribution in [3.05, 3.63) is 68.7 Å². The molecule has 2 aliphatic rings. The Bertz CT molecular complexity index is 1510. The van der Waals surface area contributed by atoms with Crippen LogP contribution in [0.4, 0.5) is 31.1 Å². The van der Waals surface area contributed by atoms with E-state index in [2.05, 4.69) is 5.32 Å². The molecule has 270 valence electrons. The van der Waals surface area contributed by atoms with Gasteiger partial charge in [-0.05, 0) is 75.9 Å². The lowest BCUT2D eigenvalue weighted by Crippen LogP contribution is -2.54. The van der Waals surface area contributed by atoms with Crippen molar-refractivity contribution in [1.82, 2.24) is 20.0 Å². The van der Waals surface area contributed by atoms with E-state index in [1.807, 2.05) is 0 Å². The number of ether oxygens (including phenoxy) is 1. The van der Waals surface area contributed by atoms with E-state index in [9.17, 15) is 40.7 Å². The predicted molar refractivity (Wildman–Crippen MR) is 172 cm³/mol. The lowest BCUT2D eigenvalue weighted by atomic mass is 9.84. The molecule has 1 N–H and O–H groups in total. The van der Waals surface area contributed by atoms with Crippen LogP contribution in [-0.2, 0) is 21.9 Å². The van der Waals surface area contributed by atoms with Crippen LogP contribution in [0, 0.1) is 0 Å². The van der Waals surface area contributed by atoms with Crippen LogP contribution in [0.25, 0.3) is 0 Å². The number of halogens is 8. The number of carbonyl (C=O) groups is 3. The first-order valence-corrected chi connectivity index (χ1v) is 16.4. The van der Waals surface area contributed by atoms with Gasteiger partial charge in [-0.1, -0.05) is 29.3 Å². The summed E-state index contributed by atoms with van der Waals surface area (Å²) in [6.07, 6.45) is -9.23. The lowest BCUT2D eigenvalue weighted by Gasteiger charge is -2.43. The molecule has 49 heavy (non-hydrogen) atoms. The Hall–Kier alpha value is -3.23. The van der Waals surface area contributed by atoms with Gasteiger partial charge in [0, 0.05) is 56.8 Å². The van der Waals surface area contributed by atoms with Gasteiger partial charge in [0.2, 0.25) is 5.91 Å². The third-order valence-corrected chi connectivity index (χ3v) is 9.38. The summed E-state index contributed by atoms with van der Waals surface area (Å²) in [5, 5.41) is 3.70. The van der Waals surface area contributed by atoms with Gasteiger partial charge in [0.25, 0.3) is 5.91 Å². The minimum atomic E-state index is -5.12. The number of nitrogens with zero attached hydrogens (tertiary/aromatic N) is 3. The van der Waals surface area contributed by atoms with Crippen LogP contribution < -0.4 is 5.32 Å². The van der Waals surface area contributed by atoms with Gasteiger partial charge >= 0.3 is 18.4 Å². The zero-order chi connectivity index (χ0) is 36.5. The number of nitrogens with one attached hydrogen (secondary N) is 1. The highest BCUT2D eigenvalue weighted by Gasteiger charge is 2.40. The van der Waals surface area contributed by atoms with Crippen molar-refractivity contribution in [2.75, 3.05) is 39.8 Å². The number of likely N-dealkylation sites (tertiary alicyclic amines) is 2. The molecule has 2 aromatic carbocycles. The molecule has 8 nitrogen and oxygen atoms in total. The van der Waals surface area contributed by atoms with Gasteiger partial charge in [0.1, 0.15) is 5.60 Å². The molecule has 2 aliphatic heterocycles. The fourth-order valence-electron chi connectivity index (χ4n) is 6.07. The third kappa shape index (κ3) is 9.94. The first-order chi connectivity index (χ1) is 22.6. The zero-order valence-electron chi connectivity index (χ0n) is 27.4. The van der Waals surface area contributed by atoms with Crippen molar-refractivity contribution in [3.8, 4) is 0 Å². The summed E-state index contributed by atoms with van der Waals surface area (Å²) in [6, 6.07) is 4.79. The number of likely N-dealkylation sites (N-methyl/N-ethyl adjacent to an activating group) is 1. The summed E-state index contributed by atoms with van der Waals surface area (Å²) in [5.41, 5.74) is -3.98. The number of hydrogen-bond acceptors (Lipinski definition) is 5. The molecule has 0 aliphatic carbocycles. The van der Waals surface area contributed by atoms with Gasteiger partial charge in [-0.15, -0.1) is 0 Å². The van der Waals surface area contributed by atoms with Gasteiger partial charge < -0.3 is 24.8 Å². The van der Waals surface area contributed by atoms with E-state index < -0.39 is 58.6 Å². The monoisotopic (exact) mass is 738 g/mol. The molecular formula is C33H38Cl2F6N4O4. The minimum absolute atomic E-state index is 0.00487. The smallest absolute Gasteiger partial charge is 0.416 e. The van der Waals surface area contributed by atoms with Crippen LogP contribution in [0.15, 0.2) is 36.4 Å². The summed E-state index contributed by atoms with van der Waals surface area (Å²) >= 11 is 12.4. The number of carbonyl (C=O) groups excluding carboxylic acids is 3. The number of rotatable bonds is 6. The summed E-state index contributed by atoms with van der Waals surface area (Å²) < 4.78 is 86.6. The molecule has 2 heterocycles. The fourth-order valence-corrected chi connectivity index (χ4v) is 6.38. The Morgan fingerprint density at radius 1 is 0.857 bits per heavy atom. The third-order valence-electron chi connectivity index (χ3n) is 8.64.